The SMILES string of the molecule is O=C(O)C1CCCC(C(=O)C2CCCC(C(=O)O)C2)C1. The van der Waals surface area contributed by atoms with Crippen LogP contribution in [0.3, 0.4) is 0 Å². The molecule has 0 aromatic heterocycles. The molecule has 0 radical (unpaired) electrons. The number of carbonyl (C=O) groups excluding carboxylic acids is 1. The van der Waals surface area contributed by atoms with Crippen LogP contribution in [0.25, 0.3) is 0 Å². The molecule has 0 aromatic rings. The summed E-state index contributed by atoms with van der Waals surface area (Å²) in [5.74, 6) is -2.68. The Balaban J connectivity index is 1.96. The van der Waals surface area contributed by atoms with Gasteiger partial charge in [-0.25, -0.2) is 0 Å². The molecule has 112 valence electrons. The first kappa shape index (κ1) is 15.0. The molecule has 5 heteroatoms. The molecule has 5 nitrogen and oxygen atoms in total. The second kappa shape index (κ2) is 6.37. The molecule has 0 heterocycles. The molecule has 2 rings (SSSR count). The fourth-order valence-corrected chi connectivity index (χ4v) is 3.68. The van der Waals surface area contributed by atoms with E-state index in [4.69, 9.17) is 10.2 Å². The highest BCUT2D eigenvalue weighted by molar-refractivity contribution is 5.85. The second-order valence-corrected chi connectivity index (χ2v) is 6.20. The number of hydrogen-bond acceptors (Lipinski definition) is 3. The van der Waals surface area contributed by atoms with Crippen LogP contribution in [-0.4, -0.2) is 27.9 Å². The maximum Gasteiger partial charge on any atom is 0.306 e. The predicted octanol–water partition coefficient (Wildman–Crippen LogP) is 2.34. The standard InChI is InChI=1S/C15H22O5/c16-13(9-3-1-5-11(7-9)14(17)18)10-4-2-6-12(8-10)15(19)20/h9-12H,1-8H2,(H,17,18)(H,19,20). The lowest BCUT2D eigenvalue weighted by Crippen LogP contribution is -2.34. The van der Waals surface area contributed by atoms with Gasteiger partial charge in [-0.1, -0.05) is 12.8 Å². The van der Waals surface area contributed by atoms with Gasteiger partial charge in [-0.15, -0.1) is 0 Å². The van der Waals surface area contributed by atoms with Crippen LogP contribution < -0.4 is 0 Å². The Morgan fingerprint density at radius 2 is 1.00 bits per heavy atom. The summed E-state index contributed by atoms with van der Waals surface area (Å²) in [6.07, 6.45) is 5.26. The molecule has 2 fully saturated rings. The zero-order valence-corrected chi connectivity index (χ0v) is 11.6. The van der Waals surface area contributed by atoms with Gasteiger partial charge in [-0.3, -0.25) is 14.4 Å². The first-order valence-corrected chi connectivity index (χ1v) is 7.48. The monoisotopic (exact) mass is 282 g/mol. The van der Waals surface area contributed by atoms with Crippen molar-refractivity contribution < 1.29 is 24.6 Å². The number of carbonyl (C=O) groups is 3. The lowest BCUT2D eigenvalue weighted by Gasteiger charge is -2.31. The van der Waals surface area contributed by atoms with E-state index in [2.05, 4.69) is 0 Å². The Kier molecular flexibility index (Phi) is 4.78. The molecule has 0 bridgehead atoms. The van der Waals surface area contributed by atoms with Crippen molar-refractivity contribution in [2.45, 2.75) is 51.4 Å². The van der Waals surface area contributed by atoms with Crippen molar-refractivity contribution in [1.29, 1.82) is 0 Å². The molecule has 2 N–H and O–H groups in total. The van der Waals surface area contributed by atoms with Gasteiger partial charge in [0.1, 0.15) is 5.78 Å². The summed E-state index contributed by atoms with van der Waals surface area (Å²) in [4.78, 5) is 34.6. The molecule has 0 saturated heterocycles. The molecule has 4 unspecified atom stereocenters. The molecule has 0 amide bonds. The fourth-order valence-electron chi connectivity index (χ4n) is 3.68. The minimum Gasteiger partial charge on any atom is -0.481 e. The maximum absolute atomic E-state index is 12.5. The van der Waals surface area contributed by atoms with E-state index in [1.807, 2.05) is 0 Å². The first-order valence-electron chi connectivity index (χ1n) is 7.48. The van der Waals surface area contributed by atoms with Gasteiger partial charge in [0.2, 0.25) is 0 Å². The Labute approximate surface area is 118 Å². The van der Waals surface area contributed by atoms with E-state index in [0.29, 0.717) is 25.7 Å². The van der Waals surface area contributed by atoms with Crippen molar-refractivity contribution >= 4 is 17.7 Å². The van der Waals surface area contributed by atoms with Crippen LogP contribution >= 0.6 is 0 Å². The molecular weight excluding hydrogens is 260 g/mol. The molecule has 2 aliphatic carbocycles. The highest BCUT2D eigenvalue weighted by Gasteiger charge is 2.37. The van der Waals surface area contributed by atoms with Gasteiger partial charge in [0.05, 0.1) is 11.8 Å². The van der Waals surface area contributed by atoms with Crippen molar-refractivity contribution in [3.63, 3.8) is 0 Å². The Bertz CT molecular complexity index is 367. The van der Waals surface area contributed by atoms with Crippen LogP contribution in [0, 0.1) is 23.7 Å². The number of carboxylic acids is 2. The van der Waals surface area contributed by atoms with Gasteiger partial charge in [0, 0.05) is 11.8 Å². The highest BCUT2D eigenvalue weighted by atomic mass is 16.4. The highest BCUT2D eigenvalue weighted by Crippen LogP contribution is 2.36. The molecule has 4 atom stereocenters. The third-order valence-corrected chi connectivity index (χ3v) is 4.85. The Hall–Kier alpha value is -1.39. The van der Waals surface area contributed by atoms with Crippen molar-refractivity contribution in [2.24, 2.45) is 23.7 Å². The first-order chi connectivity index (χ1) is 9.49. The van der Waals surface area contributed by atoms with Crippen molar-refractivity contribution in [1.82, 2.24) is 0 Å². The van der Waals surface area contributed by atoms with Crippen molar-refractivity contribution in [2.75, 3.05) is 0 Å². The van der Waals surface area contributed by atoms with Gasteiger partial charge < -0.3 is 10.2 Å². The summed E-state index contributed by atoms with van der Waals surface area (Å²) < 4.78 is 0. The number of rotatable bonds is 4. The number of Topliss-reactive ketones (excluding diaryl/α,β-unsaturated/α-hetero) is 1. The lowest BCUT2D eigenvalue weighted by molar-refractivity contribution is -0.144. The minimum atomic E-state index is -0.811. The zero-order valence-electron chi connectivity index (χ0n) is 11.6. The number of hydrogen-bond donors (Lipinski definition) is 2. The van der Waals surface area contributed by atoms with E-state index in [9.17, 15) is 14.4 Å². The van der Waals surface area contributed by atoms with Gasteiger partial charge in [0.15, 0.2) is 0 Å². The largest absolute Gasteiger partial charge is 0.481 e. The van der Waals surface area contributed by atoms with Gasteiger partial charge in [0.25, 0.3) is 0 Å². The van der Waals surface area contributed by atoms with Crippen LogP contribution in [0.1, 0.15) is 51.4 Å². The summed E-state index contributed by atoms with van der Waals surface area (Å²) in [6.45, 7) is 0. The second-order valence-electron chi connectivity index (χ2n) is 6.20. The van der Waals surface area contributed by atoms with E-state index in [0.717, 1.165) is 25.7 Å². The van der Waals surface area contributed by atoms with Crippen LogP contribution in [0.2, 0.25) is 0 Å². The third-order valence-electron chi connectivity index (χ3n) is 4.85. The summed E-state index contributed by atoms with van der Waals surface area (Å²) in [5.41, 5.74) is 0. The normalized spacial score (nSPS) is 34.4. The third kappa shape index (κ3) is 3.38. The molecule has 20 heavy (non-hydrogen) atoms. The Morgan fingerprint density at radius 1 is 0.650 bits per heavy atom. The van der Waals surface area contributed by atoms with Crippen LogP contribution in [-0.2, 0) is 14.4 Å². The minimum absolute atomic E-state index is 0.113. The molecular formula is C15H22O5. The van der Waals surface area contributed by atoms with E-state index in [-0.39, 0.29) is 17.6 Å². The quantitative estimate of drug-likeness (QED) is 0.825. The van der Waals surface area contributed by atoms with Crippen LogP contribution in [0.4, 0.5) is 0 Å². The summed E-state index contributed by atoms with van der Waals surface area (Å²) in [5, 5.41) is 18.1. The number of ketones is 1. The molecule has 0 aromatic carbocycles. The Morgan fingerprint density at radius 3 is 1.35 bits per heavy atom. The van der Waals surface area contributed by atoms with E-state index < -0.39 is 23.8 Å². The molecule has 2 saturated carbocycles. The number of aliphatic carboxylic acids is 2. The lowest BCUT2D eigenvalue weighted by atomic mass is 9.71. The number of carboxylic acid groups (broad SMARTS) is 2. The van der Waals surface area contributed by atoms with Crippen molar-refractivity contribution in [3.05, 3.63) is 0 Å². The predicted molar refractivity (Wildman–Crippen MR) is 71.2 cm³/mol. The molecule has 0 spiro atoms. The van der Waals surface area contributed by atoms with E-state index >= 15 is 0 Å². The van der Waals surface area contributed by atoms with Crippen molar-refractivity contribution in [3.8, 4) is 0 Å². The van der Waals surface area contributed by atoms with E-state index in [1.54, 1.807) is 0 Å². The smallest absolute Gasteiger partial charge is 0.306 e. The summed E-state index contributed by atoms with van der Waals surface area (Å²) >= 11 is 0. The average Bonchev–Trinajstić information content (AvgIpc) is 2.46. The topological polar surface area (TPSA) is 91.7 Å². The summed E-state index contributed by atoms with van der Waals surface area (Å²) in [7, 11) is 0. The molecule has 2 aliphatic rings. The zero-order chi connectivity index (χ0) is 14.7. The summed E-state index contributed by atoms with van der Waals surface area (Å²) in [6, 6.07) is 0. The van der Waals surface area contributed by atoms with Gasteiger partial charge in [-0.05, 0) is 38.5 Å². The van der Waals surface area contributed by atoms with Crippen LogP contribution in [0.5, 0.6) is 0 Å². The van der Waals surface area contributed by atoms with Crippen LogP contribution in [0.15, 0.2) is 0 Å². The average molecular weight is 282 g/mol. The fraction of sp³-hybridized carbons (Fsp3) is 0.800. The van der Waals surface area contributed by atoms with E-state index in [1.165, 1.54) is 0 Å². The maximum atomic E-state index is 12.5. The molecule has 0 aliphatic heterocycles. The van der Waals surface area contributed by atoms with Gasteiger partial charge >= 0.3 is 11.9 Å². The van der Waals surface area contributed by atoms with Gasteiger partial charge in [-0.2, -0.15) is 0 Å².